The molecule has 0 aromatic heterocycles. The second kappa shape index (κ2) is 10.3. The number of urea groups is 1. The molecule has 2 rings (SSSR count). The smallest absolute Gasteiger partial charge is 0.416 e. The molecule has 0 atom stereocenters. The zero-order chi connectivity index (χ0) is 20.4. The van der Waals surface area contributed by atoms with E-state index >= 15 is 0 Å². The summed E-state index contributed by atoms with van der Waals surface area (Å²) >= 11 is 0. The molecule has 0 unspecified atom stereocenters. The van der Waals surface area contributed by atoms with Gasteiger partial charge in [-0.25, -0.2) is 4.79 Å². The van der Waals surface area contributed by atoms with Crippen molar-refractivity contribution in [2.75, 3.05) is 13.2 Å². The van der Waals surface area contributed by atoms with Gasteiger partial charge in [0.15, 0.2) is 0 Å². The average molecular weight is 390 g/mol. The van der Waals surface area contributed by atoms with E-state index in [-0.39, 0.29) is 12.1 Å². The Balaban J connectivity index is 1.76. The van der Waals surface area contributed by atoms with E-state index in [0.29, 0.717) is 13.2 Å². The number of hydrogen-bond donors (Lipinski definition) is 2. The van der Waals surface area contributed by atoms with E-state index in [2.05, 4.69) is 22.5 Å². The van der Waals surface area contributed by atoms with Gasteiger partial charge in [-0.1, -0.05) is 37.0 Å². The number of amides is 2. The number of alkyl halides is 3. The van der Waals surface area contributed by atoms with Crippen LogP contribution in [0.1, 0.15) is 30.0 Å². The molecule has 28 heavy (non-hydrogen) atoms. The third-order valence-corrected chi connectivity index (χ3v) is 3.61. The molecule has 2 amide bonds. The molecule has 0 aliphatic rings. The van der Waals surface area contributed by atoms with Crippen molar-refractivity contribution in [3.63, 3.8) is 0 Å². The molecule has 7 heteroatoms. The maximum Gasteiger partial charge on any atom is 0.416 e. The van der Waals surface area contributed by atoms with Crippen LogP contribution in [0.5, 0.6) is 5.75 Å². The van der Waals surface area contributed by atoms with Crippen LogP contribution >= 0.6 is 0 Å². The molecule has 4 nitrogen and oxygen atoms in total. The second-order valence-electron chi connectivity index (χ2n) is 5.91. The largest absolute Gasteiger partial charge is 0.494 e. The van der Waals surface area contributed by atoms with Crippen LogP contribution in [-0.2, 0) is 12.7 Å². The fourth-order valence-electron chi connectivity index (χ4n) is 2.21. The van der Waals surface area contributed by atoms with Crippen molar-refractivity contribution in [2.24, 2.45) is 0 Å². The molecule has 0 saturated carbocycles. The molecule has 0 heterocycles. The third kappa shape index (κ3) is 7.23. The number of halogens is 3. The van der Waals surface area contributed by atoms with Gasteiger partial charge in [-0.05, 0) is 42.3 Å². The first-order valence-electron chi connectivity index (χ1n) is 8.78. The number of ether oxygens (including phenoxy) is 1. The third-order valence-electron chi connectivity index (χ3n) is 3.61. The topological polar surface area (TPSA) is 50.4 Å². The molecular weight excluding hydrogens is 369 g/mol. The molecule has 2 N–H and O–H groups in total. The van der Waals surface area contributed by atoms with E-state index < -0.39 is 17.8 Å². The van der Waals surface area contributed by atoms with Crippen LogP contribution in [0.4, 0.5) is 18.0 Å². The maximum atomic E-state index is 12.6. The summed E-state index contributed by atoms with van der Waals surface area (Å²) in [6, 6.07) is 11.7. The van der Waals surface area contributed by atoms with E-state index in [9.17, 15) is 18.0 Å². The number of carbonyl (C=O) groups is 1. The minimum absolute atomic E-state index is 0.0197. The van der Waals surface area contributed by atoms with Crippen LogP contribution in [0, 0.1) is 11.8 Å². The highest BCUT2D eigenvalue weighted by molar-refractivity contribution is 5.74. The van der Waals surface area contributed by atoms with Gasteiger partial charge in [0.05, 0.1) is 18.7 Å². The van der Waals surface area contributed by atoms with Gasteiger partial charge in [0.25, 0.3) is 0 Å². The van der Waals surface area contributed by atoms with E-state index in [1.807, 2.05) is 31.2 Å². The number of rotatable bonds is 6. The number of hydrogen-bond acceptors (Lipinski definition) is 2. The van der Waals surface area contributed by atoms with Crippen LogP contribution in [0.2, 0.25) is 0 Å². The first kappa shape index (κ1) is 21.2. The number of benzene rings is 2. The molecule has 2 aromatic carbocycles. The van der Waals surface area contributed by atoms with Gasteiger partial charge in [-0.3, -0.25) is 0 Å². The molecule has 0 aliphatic heterocycles. The lowest BCUT2D eigenvalue weighted by Gasteiger charge is -2.07. The van der Waals surface area contributed by atoms with Gasteiger partial charge >= 0.3 is 12.2 Å². The average Bonchev–Trinajstić information content (AvgIpc) is 2.68. The van der Waals surface area contributed by atoms with Gasteiger partial charge in [0.1, 0.15) is 5.75 Å². The lowest BCUT2D eigenvalue weighted by atomic mass is 10.1. The highest BCUT2D eigenvalue weighted by Crippen LogP contribution is 2.29. The summed E-state index contributed by atoms with van der Waals surface area (Å²) in [5, 5.41) is 5.22. The Kier molecular flexibility index (Phi) is 7.76. The van der Waals surface area contributed by atoms with Gasteiger partial charge in [0.2, 0.25) is 0 Å². The SMILES string of the molecule is CCCOc1ccc(CNC(=O)NCC#Cc2cccc(C(F)(F)F)c2)cc1. The van der Waals surface area contributed by atoms with E-state index in [1.54, 1.807) is 0 Å². The minimum atomic E-state index is -4.41. The Labute approximate surface area is 162 Å². The van der Waals surface area contributed by atoms with Crippen LogP contribution in [0.25, 0.3) is 0 Å². The summed E-state index contributed by atoms with van der Waals surface area (Å²) in [6.45, 7) is 3.04. The molecular formula is C21H21F3N2O2. The van der Waals surface area contributed by atoms with Crippen molar-refractivity contribution in [3.05, 3.63) is 65.2 Å². The standard InChI is InChI=1S/C21H21F3N2O2/c1-2-13-28-19-10-8-17(9-11-19)15-26-20(27)25-12-4-6-16-5-3-7-18(14-16)21(22,23)24/h3,5,7-11,14H,2,12-13,15H2,1H3,(H2,25,26,27). The Bertz CT molecular complexity index is 837. The molecule has 0 radical (unpaired) electrons. The van der Waals surface area contributed by atoms with Crippen LogP contribution in [-0.4, -0.2) is 19.2 Å². The first-order chi connectivity index (χ1) is 13.4. The molecule has 0 fully saturated rings. The second-order valence-corrected chi connectivity index (χ2v) is 5.91. The molecule has 148 valence electrons. The van der Waals surface area contributed by atoms with E-state index in [4.69, 9.17) is 4.74 Å². The molecule has 0 spiro atoms. The molecule has 2 aromatic rings. The van der Waals surface area contributed by atoms with Gasteiger partial charge < -0.3 is 15.4 Å². The summed E-state index contributed by atoms with van der Waals surface area (Å²) in [7, 11) is 0. The Morgan fingerprint density at radius 3 is 2.54 bits per heavy atom. The number of nitrogens with one attached hydrogen (secondary N) is 2. The van der Waals surface area contributed by atoms with Gasteiger partial charge in [-0.2, -0.15) is 13.2 Å². The monoisotopic (exact) mass is 390 g/mol. The van der Waals surface area contributed by atoms with Crippen molar-refractivity contribution in [3.8, 4) is 17.6 Å². The van der Waals surface area contributed by atoms with Crippen LogP contribution < -0.4 is 15.4 Å². The summed E-state index contributed by atoms with van der Waals surface area (Å²) in [6.07, 6.45) is -3.48. The number of carbonyl (C=O) groups excluding carboxylic acids is 1. The first-order valence-corrected chi connectivity index (χ1v) is 8.78. The lowest BCUT2D eigenvalue weighted by molar-refractivity contribution is -0.137. The Morgan fingerprint density at radius 2 is 1.86 bits per heavy atom. The quantitative estimate of drug-likeness (QED) is 0.721. The van der Waals surface area contributed by atoms with Crippen molar-refractivity contribution < 1.29 is 22.7 Å². The fraction of sp³-hybridized carbons (Fsp3) is 0.286. The maximum absolute atomic E-state index is 12.6. The Hall–Kier alpha value is -3.14. The van der Waals surface area contributed by atoms with E-state index in [1.165, 1.54) is 12.1 Å². The Morgan fingerprint density at radius 1 is 1.11 bits per heavy atom. The van der Waals surface area contributed by atoms with Crippen molar-refractivity contribution in [1.29, 1.82) is 0 Å². The normalized spacial score (nSPS) is 10.6. The molecule has 0 bridgehead atoms. The van der Waals surface area contributed by atoms with Crippen LogP contribution in [0.15, 0.2) is 48.5 Å². The summed E-state index contributed by atoms with van der Waals surface area (Å²) in [4.78, 5) is 11.8. The predicted octanol–water partition coefficient (Wildman–Crippen LogP) is 4.35. The summed E-state index contributed by atoms with van der Waals surface area (Å²) in [5.74, 6) is 6.01. The zero-order valence-corrected chi connectivity index (χ0v) is 15.4. The molecule has 0 saturated heterocycles. The fourth-order valence-corrected chi connectivity index (χ4v) is 2.21. The zero-order valence-electron chi connectivity index (χ0n) is 15.4. The summed E-state index contributed by atoms with van der Waals surface area (Å²) in [5.41, 5.74) is 0.396. The minimum Gasteiger partial charge on any atom is -0.494 e. The highest BCUT2D eigenvalue weighted by atomic mass is 19.4. The van der Waals surface area contributed by atoms with Crippen molar-refractivity contribution in [1.82, 2.24) is 10.6 Å². The van der Waals surface area contributed by atoms with Crippen molar-refractivity contribution >= 4 is 6.03 Å². The highest BCUT2D eigenvalue weighted by Gasteiger charge is 2.30. The van der Waals surface area contributed by atoms with E-state index in [0.717, 1.165) is 29.9 Å². The van der Waals surface area contributed by atoms with Gasteiger partial charge in [-0.15, -0.1) is 0 Å². The molecule has 0 aliphatic carbocycles. The van der Waals surface area contributed by atoms with Crippen LogP contribution in [0.3, 0.4) is 0 Å². The predicted molar refractivity (Wildman–Crippen MR) is 101 cm³/mol. The van der Waals surface area contributed by atoms with Crippen molar-refractivity contribution in [2.45, 2.75) is 26.1 Å². The van der Waals surface area contributed by atoms with Gasteiger partial charge in [0, 0.05) is 12.1 Å². The lowest BCUT2D eigenvalue weighted by Crippen LogP contribution is -2.35. The summed E-state index contributed by atoms with van der Waals surface area (Å²) < 4.78 is 43.4.